The van der Waals surface area contributed by atoms with Crippen molar-refractivity contribution in [2.75, 3.05) is 21.3 Å². The largest absolute Gasteiger partial charge is 0.459 e. The Morgan fingerprint density at radius 3 is 2.02 bits per heavy atom. The molecule has 0 aromatic heterocycles. The van der Waals surface area contributed by atoms with Crippen molar-refractivity contribution >= 4 is 11.8 Å². The molecule has 18 atom stereocenters. The summed E-state index contributed by atoms with van der Waals surface area (Å²) >= 11 is 0. The van der Waals surface area contributed by atoms with Gasteiger partial charge in [-0.1, -0.05) is 27.7 Å². The number of nitrogens with one attached hydrogen (secondary N) is 1. The van der Waals surface area contributed by atoms with Crippen LogP contribution in [0.25, 0.3) is 0 Å². The van der Waals surface area contributed by atoms with E-state index in [4.69, 9.17) is 33.2 Å². The third-order valence-electron chi connectivity index (χ3n) is 12.0. The monoisotopic (exact) mass is 733 g/mol. The van der Waals surface area contributed by atoms with Crippen LogP contribution in [0.4, 0.5) is 0 Å². The first kappa shape index (κ1) is 44.1. The molecule has 5 N–H and O–H groups in total. The summed E-state index contributed by atoms with van der Waals surface area (Å²) in [5.74, 6) is -4.47. The van der Waals surface area contributed by atoms with E-state index in [1.165, 1.54) is 21.1 Å². The molecule has 0 aromatic rings. The van der Waals surface area contributed by atoms with Gasteiger partial charge in [-0.25, -0.2) is 0 Å². The minimum absolute atomic E-state index is 0.109. The van der Waals surface area contributed by atoms with Crippen molar-refractivity contribution in [2.45, 2.75) is 179 Å². The second-order valence-corrected chi connectivity index (χ2v) is 16.0. The van der Waals surface area contributed by atoms with Crippen molar-refractivity contribution in [3.05, 3.63) is 0 Å². The normalized spacial score (nSPS) is 49.6. The van der Waals surface area contributed by atoms with Gasteiger partial charge in [-0.15, -0.1) is 0 Å². The van der Waals surface area contributed by atoms with E-state index in [0.29, 0.717) is 6.42 Å². The Morgan fingerprint density at radius 2 is 1.47 bits per heavy atom. The van der Waals surface area contributed by atoms with Crippen molar-refractivity contribution in [1.82, 2.24) is 5.32 Å². The maximum Gasteiger partial charge on any atom is 0.311 e. The van der Waals surface area contributed by atoms with Gasteiger partial charge in [0, 0.05) is 44.4 Å². The van der Waals surface area contributed by atoms with Crippen molar-refractivity contribution < 1.29 is 63.2 Å². The van der Waals surface area contributed by atoms with E-state index >= 15 is 0 Å². The van der Waals surface area contributed by atoms with E-state index in [1.807, 2.05) is 13.8 Å². The minimum Gasteiger partial charge on any atom is -0.459 e. The predicted molar refractivity (Wildman–Crippen MR) is 186 cm³/mol. The Balaban J connectivity index is 2.21. The van der Waals surface area contributed by atoms with E-state index in [-0.39, 0.29) is 37.2 Å². The summed E-state index contributed by atoms with van der Waals surface area (Å²) in [6.07, 6.45) is -8.78. The molecule has 3 heterocycles. The molecule has 14 nitrogen and oxygen atoms in total. The van der Waals surface area contributed by atoms with E-state index in [9.17, 15) is 30.0 Å². The maximum absolute atomic E-state index is 14.1. The molecule has 3 aliphatic heterocycles. The number of ketones is 1. The first-order chi connectivity index (χ1) is 23.6. The lowest BCUT2D eigenvalue weighted by atomic mass is 9.74. The van der Waals surface area contributed by atoms with Crippen LogP contribution in [0, 0.1) is 23.7 Å². The van der Waals surface area contributed by atoms with Crippen molar-refractivity contribution in [3.63, 3.8) is 0 Å². The molecular weight excluding hydrogens is 666 g/mol. The number of aliphatic hydroxyl groups is 4. The summed E-state index contributed by atoms with van der Waals surface area (Å²) in [4.78, 5) is 28.1. The lowest BCUT2D eigenvalue weighted by Gasteiger charge is -2.49. The van der Waals surface area contributed by atoms with Gasteiger partial charge >= 0.3 is 5.97 Å². The fraction of sp³-hybridized carbons (Fsp3) is 0.946. The number of esters is 1. The van der Waals surface area contributed by atoms with Crippen LogP contribution in [0.2, 0.25) is 0 Å². The first-order valence-corrected chi connectivity index (χ1v) is 18.5. The summed E-state index contributed by atoms with van der Waals surface area (Å²) < 4.78 is 43.7. The molecule has 0 saturated carbocycles. The average Bonchev–Trinajstić information content (AvgIpc) is 3.09. The number of Topliss-reactive ketones (excluding diaryl/α,β-unsaturated/α-hetero) is 1. The van der Waals surface area contributed by atoms with Gasteiger partial charge in [-0.2, -0.15) is 0 Å². The molecule has 3 fully saturated rings. The fourth-order valence-electron chi connectivity index (χ4n) is 8.38. The van der Waals surface area contributed by atoms with Gasteiger partial charge in [0.05, 0.1) is 47.6 Å². The highest BCUT2D eigenvalue weighted by molar-refractivity contribution is 5.83. The number of carbonyl (C=O) groups is 2. The highest BCUT2D eigenvalue weighted by Gasteiger charge is 2.54. The van der Waals surface area contributed by atoms with E-state index in [1.54, 1.807) is 55.5 Å². The highest BCUT2D eigenvalue weighted by Crippen LogP contribution is 2.41. The summed E-state index contributed by atoms with van der Waals surface area (Å²) in [5, 5.41) is 48.4. The first-order valence-electron chi connectivity index (χ1n) is 18.5. The lowest BCUT2D eigenvalue weighted by Crippen LogP contribution is -2.61. The molecule has 0 amide bonds. The number of cyclic esters (lactones) is 1. The second-order valence-electron chi connectivity index (χ2n) is 16.0. The van der Waals surface area contributed by atoms with Crippen LogP contribution >= 0.6 is 0 Å². The Hall–Kier alpha value is -1.30. The number of rotatable bonds is 8. The van der Waals surface area contributed by atoms with Crippen LogP contribution in [0.1, 0.15) is 94.9 Å². The molecule has 0 spiro atoms. The van der Waals surface area contributed by atoms with Crippen molar-refractivity contribution in [2.24, 2.45) is 23.7 Å². The van der Waals surface area contributed by atoms with Crippen molar-refractivity contribution in [1.29, 1.82) is 0 Å². The molecule has 14 heteroatoms. The zero-order valence-corrected chi connectivity index (χ0v) is 33.0. The van der Waals surface area contributed by atoms with Crippen LogP contribution in [0.5, 0.6) is 0 Å². The topological polar surface area (TPSA) is 192 Å². The molecule has 0 aromatic carbocycles. The quantitative estimate of drug-likeness (QED) is 0.228. The molecule has 3 aliphatic rings. The minimum atomic E-state index is -1.96. The van der Waals surface area contributed by atoms with Gasteiger partial charge in [0.2, 0.25) is 0 Å². The van der Waals surface area contributed by atoms with Gasteiger partial charge in [0.1, 0.15) is 29.7 Å². The van der Waals surface area contributed by atoms with Crippen LogP contribution in [-0.2, 0) is 42.7 Å². The Kier molecular flexibility index (Phi) is 15.1. The molecule has 0 bridgehead atoms. The smallest absolute Gasteiger partial charge is 0.311 e. The van der Waals surface area contributed by atoms with Crippen LogP contribution in [0.3, 0.4) is 0 Å². The lowest BCUT2D eigenvalue weighted by molar-refractivity contribution is -0.317. The average molecular weight is 734 g/mol. The number of likely N-dealkylation sites (N-methyl/N-ethyl adjacent to an activating group) is 1. The number of carbonyl (C=O) groups excluding carboxylic acids is 2. The van der Waals surface area contributed by atoms with Crippen LogP contribution < -0.4 is 5.32 Å². The molecule has 51 heavy (non-hydrogen) atoms. The molecule has 0 aliphatic carbocycles. The number of aliphatic hydroxyl groups excluding tert-OH is 3. The molecule has 3 rings (SSSR count). The molecular formula is C37H67NO13. The number of ether oxygens (including phenoxy) is 7. The fourth-order valence-corrected chi connectivity index (χ4v) is 8.38. The standard InChI is InChI=1S/C37H67NO13/c1-14-25-37(10,44)30(41)20(4)27(39)18(2)16-36(9,46-13)32(51-34-28(40)24(38-11)15-19(3)47-34)21(5)29(22(6)33(43)49-25)50-26-17-35(8,45-12)31(42)23(7)48-26/h18-26,28-32,34,38,40-42,44H,14-17H2,1-13H3. The summed E-state index contributed by atoms with van der Waals surface area (Å²) in [7, 11) is 4.75. The Morgan fingerprint density at radius 1 is 0.863 bits per heavy atom. The van der Waals surface area contributed by atoms with Gasteiger partial charge in [0.15, 0.2) is 12.6 Å². The summed E-state index contributed by atoms with van der Waals surface area (Å²) in [6, 6.07) is -0.334. The third kappa shape index (κ3) is 9.33. The zero-order valence-electron chi connectivity index (χ0n) is 33.0. The second kappa shape index (κ2) is 17.4. The summed E-state index contributed by atoms with van der Waals surface area (Å²) in [6.45, 7) is 17.0. The van der Waals surface area contributed by atoms with Crippen LogP contribution in [0.15, 0.2) is 0 Å². The van der Waals surface area contributed by atoms with Crippen LogP contribution in [-0.4, -0.2) is 138 Å². The third-order valence-corrected chi connectivity index (χ3v) is 12.0. The molecule has 298 valence electrons. The Labute approximate surface area is 304 Å². The van der Waals surface area contributed by atoms with E-state index < -0.39 is 102 Å². The van der Waals surface area contributed by atoms with Gasteiger partial charge < -0.3 is 58.9 Å². The van der Waals surface area contributed by atoms with E-state index in [2.05, 4.69) is 5.32 Å². The summed E-state index contributed by atoms with van der Waals surface area (Å²) in [5.41, 5.74) is -4.24. The van der Waals surface area contributed by atoms with Gasteiger partial charge in [-0.05, 0) is 67.9 Å². The van der Waals surface area contributed by atoms with Crippen molar-refractivity contribution in [3.8, 4) is 0 Å². The van der Waals surface area contributed by atoms with E-state index in [0.717, 1.165) is 0 Å². The number of hydrogen-bond donors (Lipinski definition) is 5. The Bertz CT molecular complexity index is 1160. The van der Waals surface area contributed by atoms with Gasteiger partial charge in [0.25, 0.3) is 0 Å². The molecule has 3 saturated heterocycles. The molecule has 18 unspecified atom stereocenters. The number of hydrogen-bond acceptors (Lipinski definition) is 14. The SMILES string of the molecule is CCC1OC(=O)C(C)C(OC2CC(C)(OC)C(O)C(C)O2)C(C)C(OC2OC(C)CC(NC)C2O)C(C)(OC)CC(C)C(=O)C(C)C(O)C1(C)O. The molecule has 0 radical (unpaired) electrons. The maximum atomic E-state index is 14.1. The zero-order chi connectivity index (χ0) is 38.8. The highest BCUT2D eigenvalue weighted by atomic mass is 16.7. The number of methoxy groups -OCH3 is 2. The predicted octanol–water partition coefficient (Wildman–Crippen LogP) is 2.10. The van der Waals surface area contributed by atoms with Gasteiger partial charge in [-0.3, -0.25) is 9.59 Å².